The van der Waals surface area contributed by atoms with Gasteiger partial charge in [0.15, 0.2) is 0 Å². The summed E-state index contributed by atoms with van der Waals surface area (Å²) in [6, 6.07) is 12.7. The van der Waals surface area contributed by atoms with Crippen LogP contribution in [0.25, 0.3) is 16.9 Å². The van der Waals surface area contributed by atoms with E-state index in [9.17, 15) is 0 Å². The fourth-order valence-corrected chi connectivity index (χ4v) is 3.81. The predicted octanol–water partition coefficient (Wildman–Crippen LogP) is 5.26. The number of hydrogen-bond acceptors (Lipinski definition) is 6. The molecule has 2 N–H and O–H groups in total. The lowest BCUT2D eigenvalue weighted by Crippen LogP contribution is -2.17. The molecular formula is C20H14BrCl2N7. The number of benzene rings is 1. The first kappa shape index (κ1) is 20.4. The van der Waals surface area contributed by atoms with Gasteiger partial charge in [-0.2, -0.15) is 5.26 Å². The third-order valence-corrected chi connectivity index (χ3v) is 5.37. The first-order valence-corrected chi connectivity index (χ1v) is 10.4. The van der Waals surface area contributed by atoms with Crippen molar-refractivity contribution in [3.8, 4) is 17.3 Å². The maximum atomic E-state index is 8.84. The molecule has 4 aromatic rings. The zero-order valence-corrected chi connectivity index (χ0v) is 18.5. The average Bonchev–Trinajstić information content (AvgIpc) is 3.12. The van der Waals surface area contributed by atoms with E-state index in [0.29, 0.717) is 46.2 Å². The van der Waals surface area contributed by atoms with Crippen molar-refractivity contribution in [1.82, 2.24) is 19.4 Å². The highest BCUT2D eigenvalue weighted by molar-refractivity contribution is 9.10. The molecule has 0 aliphatic heterocycles. The Morgan fingerprint density at radius 1 is 1.03 bits per heavy atom. The Balaban J connectivity index is 1.55. The molecule has 150 valence electrons. The average molecular weight is 503 g/mol. The number of nitrogens with one attached hydrogen (secondary N) is 2. The van der Waals surface area contributed by atoms with Crippen LogP contribution in [-0.4, -0.2) is 32.4 Å². The third kappa shape index (κ3) is 4.33. The van der Waals surface area contributed by atoms with Gasteiger partial charge in [-0.15, -0.1) is 0 Å². The van der Waals surface area contributed by atoms with Crippen molar-refractivity contribution < 1.29 is 0 Å². The van der Waals surface area contributed by atoms with E-state index in [1.165, 1.54) is 6.20 Å². The third-order valence-electron chi connectivity index (χ3n) is 4.26. The molecule has 0 radical (unpaired) electrons. The predicted molar refractivity (Wildman–Crippen MR) is 122 cm³/mol. The molecule has 4 rings (SSSR count). The lowest BCUT2D eigenvalue weighted by Gasteiger charge is -2.13. The monoisotopic (exact) mass is 501 g/mol. The van der Waals surface area contributed by atoms with Crippen LogP contribution in [0.3, 0.4) is 0 Å². The summed E-state index contributed by atoms with van der Waals surface area (Å²) >= 11 is 15.9. The summed E-state index contributed by atoms with van der Waals surface area (Å²) in [4.78, 5) is 13.4. The Morgan fingerprint density at radius 3 is 2.60 bits per heavy atom. The van der Waals surface area contributed by atoms with Gasteiger partial charge in [-0.25, -0.2) is 15.0 Å². The van der Waals surface area contributed by atoms with Crippen molar-refractivity contribution in [3.63, 3.8) is 0 Å². The van der Waals surface area contributed by atoms with Gasteiger partial charge >= 0.3 is 0 Å². The van der Waals surface area contributed by atoms with Crippen molar-refractivity contribution >= 4 is 56.5 Å². The van der Waals surface area contributed by atoms with E-state index in [4.69, 9.17) is 33.4 Å². The molecule has 0 unspecified atom stereocenters. The normalized spacial score (nSPS) is 10.7. The fraction of sp³-hybridized carbons (Fsp3) is 0.100. The number of fused-ring (bicyclic) bond motifs is 1. The molecule has 0 fully saturated rings. The van der Waals surface area contributed by atoms with Crippen LogP contribution in [0, 0.1) is 11.3 Å². The number of pyridine rings is 1. The Kier molecular flexibility index (Phi) is 6.04. The van der Waals surface area contributed by atoms with Crippen molar-refractivity contribution in [3.05, 3.63) is 69.0 Å². The molecule has 0 bridgehead atoms. The minimum Gasteiger partial charge on any atom is -0.368 e. The largest absolute Gasteiger partial charge is 0.368 e. The smallest absolute Gasteiger partial charge is 0.210 e. The topological polar surface area (TPSA) is 90.9 Å². The van der Waals surface area contributed by atoms with E-state index in [2.05, 4.69) is 36.5 Å². The Hall–Kier alpha value is -2.86. The van der Waals surface area contributed by atoms with Crippen molar-refractivity contribution in [2.75, 3.05) is 23.7 Å². The summed E-state index contributed by atoms with van der Waals surface area (Å²) in [5.74, 6) is 1.31. The standard InChI is InChI=1S/C20H14BrCl2N7/c21-17-11-28-19-8-16(14-3-2-13(22)7-15(14)23)29-20(30(17)19)26-6-5-25-18-4-1-12(9-24)10-27-18/h1-4,7-8,10-11H,5-6H2,(H,25,27)(H,26,29). The van der Waals surface area contributed by atoms with Crippen LogP contribution in [0.15, 0.2) is 53.4 Å². The summed E-state index contributed by atoms with van der Waals surface area (Å²) in [6.45, 7) is 1.17. The molecule has 3 heterocycles. The minimum atomic E-state index is 0.518. The van der Waals surface area contributed by atoms with Gasteiger partial charge in [0, 0.05) is 35.9 Å². The maximum absolute atomic E-state index is 8.84. The molecule has 30 heavy (non-hydrogen) atoms. The number of nitriles is 1. The van der Waals surface area contributed by atoms with Crippen LogP contribution in [0.5, 0.6) is 0 Å². The van der Waals surface area contributed by atoms with Crippen molar-refractivity contribution in [2.24, 2.45) is 0 Å². The Bertz CT molecular complexity index is 1250. The van der Waals surface area contributed by atoms with Gasteiger partial charge in [0.25, 0.3) is 0 Å². The molecule has 0 aliphatic carbocycles. The molecular weight excluding hydrogens is 489 g/mol. The number of nitrogens with zero attached hydrogens (tertiary/aromatic N) is 5. The number of hydrogen-bond donors (Lipinski definition) is 2. The number of imidazole rings is 1. The van der Waals surface area contributed by atoms with Crippen molar-refractivity contribution in [2.45, 2.75) is 0 Å². The van der Waals surface area contributed by atoms with E-state index in [-0.39, 0.29) is 0 Å². The highest BCUT2D eigenvalue weighted by atomic mass is 79.9. The quantitative estimate of drug-likeness (QED) is 0.349. The number of aromatic nitrogens is 4. The summed E-state index contributed by atoms with van der Waals surface area (Å²) in [6.07, 6.45) is 3.25. The molecule has 7 nitrogen and oxygen atoms in total. The fourth-order valence-electron chi connectivity index (χ4n) is 2.86. The van der Waals surface area contributed by atoms with Crippen molar-refractivity contribution in [1.29, 1.82) is 5.26 Å². The molecule has 0 amide bonds. The second kappa shape index (κ2) is 8.88. The summed E-state index contributed by atoms with van der Waals surface area (Å²) < 4.78 is 2.65. The van der Waals surface area contributed by atoms with E-state index in [0.717, 1.165) is 15.8 Å². The zero-order chi connectivity index (χ0) is 21.1. The van der Waals surface area contributed by atoms with Crippen LogP contribution in [0.2, 0.25) is 10.0 Å². The SMILES string of the molecule is N#Cc1ccc(NCCNc2nc(-c3ccc(Cl)cc3Cl)cc3ncc(Br)n23)nc1. The van der Waals surface area contributed by atoms with E-state index in [1.807, 2.05) is 22.6 Å². The second-order valence-corrected chi connectivity index (χ2v) is 7.92. The van der Waals surface area contributed by atoms with Crippen LogP contribution < -0.4 is 10.6 Å². The first-order valence-electron chi connectivity index (χ1n) is 8.88. The second-order valence-electron chi connectivity index (χ2n) is 6.26. The summed E-state index contributed by atoms with van der Waals surface area (Å²) in [5.41, 5.74) is 2.70. The summed E-state index contributed by atoms with van der Waals surface area (Å²) in [5, 5.41) is 16.4. The first-order chi connectivity index (χ1) is 14.5. The van der Waals surface area contributed by atoms with Gasteiger partial charge < -0.3 is 10.6 Å². The van der Waals surface area contributed by atoms with E-state index >= 15 is 0 Å². The summed E-state index contributed by atoms with van der Waals surface area (Å²) in [7, 11) is 0. The van der Waals surface area contributed by atoms with Crippen LogP contribution >= 0.6 is 39.1 Å². The highest BCUT2D eigenvalue weighted by Gasteiger charge is 2.13. The number of rotatable bonds is 6. The van der Waals surface area contributed by atoms with E-state index < -0.39 is 0 Å². The lowest BCUT2D eigenvalue weighted by atomic mass is 10.1. The zero-order valence-electron chi connectivity index (χ0n) is 15.4. The highest BCUT2D eigenvalue weighted by Crippen LogP contribution is 2.31. The van der Waals surface area contributed by atoms with Gasteiger partial charge in [0.05, 0.1) is 22.5 Å². The molecule has 0 aliphatic rings. The van der Waals surface area contributed by atoms with E-state index in [1.54, 1.807) is 30.5 Å². The van der Waals surface area contributed by atoms with Crippen LogP contribution in [-0.2, 0) is 0 Å². The molecule has 0 saturated heterocycles. The van der Waals surface area contributed by atoms with Gasteiger partial charge in [-0.3, -0.25) is 4.40 Å². The lowest BCUT2D eigenvalue weighted by molar-refractivity contribution is 0.987. The molecule has 10 heteroatoms. The van der Waals surface area contributed by atoms with Crippen LogP contribution in [0.4, 0.5) is 11.8 Å². The van der Waals surface area contributed by atoms with Gasteiger partial charge in [0.1, 0.15) is 22.1 Å². The molecule has 1 aromatic carbocycles. The molecule has 3 aromatic heterocycles. The molecule has 0 spiro atoms. The molecule has 0 atom stereocenters. The minimum absolute atomic E-state index is 0.518. The van der Waals surface area contributed by atoms with Gasteiger partial charge in [0.2, 0.25) is 5.95 Å². The van der Waals surface area contributed by atoms with Gasteiger partial charge in [-0.1, -0.05) is 23.2 Å². The van der Waals surface area contributed by atoms with Crippen LogP contribution in [0.1, 0.15) is 5.56 Å². The maximum Gasteiger partial charge on any atom is 0.210 e. The Labute approximate surface area is 190 Å². The Morgan fingerprint density at radius 2 is 1.87 bits per heavy atom. The number of halogens is 3. The number of anilines is 2. The van der Waals surface area contributed by atoms with Gasteiger partial charge in [-0.05, 0) is 46.3 Å². The molecule has 0 saturated carbocycles.